The third-order valence-electron chi connectivity index (χ3n) is 5.19. The molecule has 164 valence electrons. The standard InChI is InChI=1S/C23H19ClF3N5/c24-18-7-3-15(4-8-18)21-19(9-10-30-22(21)29)16-12-31-32(13-16)20(11-28)14-1-5-17(6-2-14)23(25,26)27/h1-10,12-13,20H,11,28H2,(H2,29,30)/t20-/m0/s1. The van der Waals surface area contributed by atoms with E-state index in [-0.39, 0.29) is 6.54 Å². The van der Waals surface area contributed by atoms with Crippen LogP contribution in [0.2, 0.25) is 5.02 Å². The number of nitrogen functional groups attached to an aromatic ring is 1. The second-order valence-electron chi connectivity index (χ2n) is 7.21. The Morgan fingerprint density at radius 2 is 1.66 bits per heavy atom. The van der Waals surface area contributed by atoms with Crippen LogP contribution in [0.25, 0.3) is 22.3 Å². The first-order valence-corrected chi connectivity index (χ1v) is 10.1. The molecule has 0 radical (unpaired) electrons. The highest BCUT2D eigenvalue weighted by Gasteiger charge is 2.30. The predicted molar refractivity (Wildman–Crippen MR) is 119 cm³/mol. The number of hydrogen-bond acceptors (Lipinski definition) is 4. The van der Waals surface area contributed by atoms with Crippen molar-refractivity contribution in [2.75, 3.05) is 12.3 Å². The number of anilines is 1. The van der Waals surface area contributed by atoms with Gasteiger partial charge < -0.3 is 11.5 Å². The van der Waals surface area contributed by atoms with Gasteiger partial charge in [-0.2, -0.15) is 18.3 Å². The van der Waals surface area contributed by atoms with Crippen molar-refractivity contribution in [2.24, 2.45) is 5.73 Å². The van der Waals surface area contributed by atoms with Crippen LogP contribution in [0, 0.1) is 0 Å². The molecule has 4 aromatic rings. The monoisotopic (exact) mass is 457 g/mol. The van der Waals surface area contributed by atoms with Crippen molar-refractivity contribution in [3.63, 3.8) is 0 Å². The van der Waals surface area contributed by atoms with Gasteiger partial charge in [0.15, 0.2) is 0 Å². The number of rotatable bonds is 5. The lowest BCUT2D eigenvalue weighted by atomic mass is 9.97. The van der Waals surface area contributed by atoms with Crippen LogP contribution >= 0.6 is 11.6 Å². The number of hydrogen-bond donors (Lipinski definition) is 2. The second kappa shape index (κ2) is 8.64. The minimum atomic E-state index is -4.39. The molecule has 4 N–H and O–H groups in total. The van der Waals surface area contributed by atoms with Gasteiger partial charge in [-0.25, -0.2) is 4.98 Å². The maximum absolute atomic E-state index is 12.9. The molecule has 0 unspecified atom stereocenters. The first-order valence-electron chi connectivity index (χ1n) is 9.70. The third kappa shape index (κ3) is 4.32. The Bertz CT molecular complexity index is 1220. The largest absolute Gasteiger partial charge is 0.416 e. The minimum Gasteiger partial charge on any atom is -0.383 e. The van der Waals surface area contributed by atoms with Crippen molar-refractivity contribution in [1.82, 2.24) is 14.8 Å². The van der Waals surface area contributed by atoms with E-state index in [0.29, 0.717) is 16.4 Å². The van der Waals surface area contributed by atoms with Gasteiger partial charge in [0.25, 0.3) is 0 Å². The summed E-state index contributed by atoms with van der Waals surface area (Å²) in [7, 11) is 0. The summed E-state index contributed by atoms with van der Waals surface area (Å²) in [5.74, 6) is 0.357. The fraction of sp³-hybridized carbons (Fsp3) is 0.130. The fourth-order valence-corrected chi connectivity index (χ4v) is 3.70. The Hall–Kier alpha value is -3.36. The van der Waals surface area contributed by atoms with Crippen molar-refractivity contribution < 1.29 is 13.2 Å². The van der Waals surface area contributed by atoms with E-state index in [9.17, 15) is 13.2 Å². The molecule has 0 bridgehead atoms. The number of nitrogens with zero attached hydrogens (tertiary/aromatic N) is 3. The zero-order chi connectivity index (χ0) is 22.9. The normalized spacial score (nSPS) is 12.7. The molecule has 32 heavy (non-hydrogen) atoms. The third-order valence-corrected chi connectivity index (χ3v) is 5.44. The first-order chi connectivity index (χ1) is 15.3. The lowest BCUT2D eigenvalue weighted by Gasteiger charge is -2.17. The summed E-state index contributed by atoms with van der Waals surface area (Å²) >= 11 is 6.01. The van der Waals surface area contributed by atoms with Crippen LogP contribution in [-0.2, 0) is 6.18 Å². The van der Waals surface area contributed by atoms with Crippen LogP contribution in [0.3, 0.4) is 0 Å². The second-order valence-corrected chi connectivity index (χ2v) is 7.64. The molecule has 0 amide bonds. The van der Waals surface area contributed by atoms with Crippen molar-refractivity contribution in [3.8, 4) is 22.3 Å². The predicted octanol–water partition coefficient (Wildman–Crippen LogP) is 5.41. The van der Waals surface area contributed by atoms with Crippen molar-refractivity contribution in [1.29, 1.82) is 0 Å². The molecular weight excluding hydrogens is 439 g/mol. The molecule has 0 aliphatic heterocycles. The Labute approximate surface area is 187 Å². The molecule has 0 saturated heterocycles. The minimum absolute atomic E-state index is 0.162. The Morgan fingerprint density at radius 3 is 2.28 bits per heavy atom. The molecule has 1 atom stereocenters. The quantitative estimate of drug-likeness (QED) is 0.419. The van der Waals surface area contributed by atoms with Gasteiger partial charge in [-0.1, -0.05) is 35.9 Å². The van der Waals surface area contributed by atoms with E-state index in [1.54, 1.807) is 35.4 Å². The molecular formula is C23H19ClF3N5. The molecule has 0 spiro atoms. The maximum Gasteiger partial charge on any atom is 0.416 e. The first kappa shape index (κ1) is 21.9. The molecule has 2 aromatic heterocycles. The average Bonchev–Trinajstić information content (AvgIpc) is 3.24. The number of benzene rings is 2. The summed E-state index contributed by atoms with van der Waals surface area (Å²) in [6.07, 6.45) is 0.678. The zero-order valence-electron chi connectivity index (χ0n) is 16.7. The van der Waals surface area contributed by atoms with Gasteiger partial charge in [-0.15, -0.1) is 0 Å². The molecule has 5 nitrogen and oxygen atoms in total. The van der Waals surface area contributed by atoms with Gasteiger partial charge in [0.1, 0.15) is 5.82 Å². The van der Waals surface area contributed by atoms with Crippen molar-refractivity contribution >= 4 is 17.4 Å². The van der Waals surface area contributed by atoms with E-state index in [1.165, 1.54) is 12.1 Å². The van der Waals surface area contributed by atoms with Crippen molar-refractivity contribution in [2.45, 2.75) is 12.2 Å². The summed E-state index contributed by atoms with van der Waals surface area (Å²) in [5.41, 5.74) is 15.2. The van der Waals surface area contributed by atoms with Crippen LogP contribution < -0.4 is 11.5 Å². The molecule has 0 fully saturated rings. The fourth-order valence-electron chi connectivity index (χ4n) is 3.58. The van der Waals surface area contributed by atoms with Gasteiger partial charge in [-0.3, -0.25) is 4.68 Å². The SMILES string of the molecule is NC[C@@H](c1ccc(C(F)(F)F)cc1)n1cc(-c2ccnc(N)c2-c2ccc(Cl)cc2)cn1. The average molecular weight is 458 g/mol. The van der Waals surface area contributed by atoms with Crippen LogP contribution in [0.15, 0.2) is 73.2 Å². The molecule has 9 heteroatoms. The smallest absolute Gasteiger partial charge is 0.383 e. The highest BCUT2D eigenvalue weighted by atomic mass is 35.5. The zero-order valence-corrected chi connectivity index (χ0v) is 17.5. The lowest BCUT2D eigenvalue weighted by Crippen LogP contribution is -2.21. The highest BCUT2D eigenvalue weighted by molar-refractivity contribution is 6.30. The van der Waals surface area contributed by atoms with E-state index in [4.69, 9.17) is 23.1 Å². The molecule has 2 heterocycles. The van der Waals surface area contributed by atoms with Gasteiger partial charge in [0.2, 0.25) is 0 Å². The molecule has 2 aromatic carbocycles. The van der Waals surface area contributed by atoms with E-state index in [2.05, 4.69) is 10.1 Å². The molecule has 0 aliphatic carbocycles. The van der Waals surface area contributed by atoms with Gasteiger partial charge in [0.05, 0.1) is 17.8 Å². The van der Waals surface area contributed by atoms with Crippen LogP contribution in [-0.4, -0.2) is 21.3 Å². The van der Waals surface area contributed by atoms with E-state index in [0.717, 1.165) is 34.4 Å². The van der Waals surface area contributed by atoms with E-state index >= 15 is 0 Å². The molecule has 4 rings (SSSR count). The van der Waals surface area contributed by atoms with E-state index in [1.807, 2.05) is 18.2 Å². The number of halogens is 4. The van der Waals surface area contributed by atoms with Gasteiger partial charge in [0, 0.05) is 35.1 Å². The summed E-state index contributed by atoms with van der Waals surface area (Å²) in [4.78, 5) is 4.20. The van der Waals surface area contributed by atoms with Crippen LogP contribution in [0.5, 0.6) is 0 Å². The number of nitrogens with two attached hydrogens (primary N) is 2. The summed E-state index contributed by atoms with van der Waals surface area (Å²) in [5, 5.41) is 5.03. The van der Waals surface area contributed by atoms with Gasteiger partial charge in [-0.05, 0) is 47.0 Å². The van der Waals surface area contributed by atoms with Gasteiger partial charge >= 0.3 is 6.18 Å². The molecule has 0 saturated carbocycles. The number of alkyl halides is 3. The van der Waals surface area contributed by atoms with E-state index < -0.39 is 17.8 Å². The summed E-state index contributed by atoms with van der Waals surface area (Å²) in [6.45, 7) is 0.162. The molecule has 0 aliphatic rings. The van der Waals surface area contributed by atoms with Crippen molar-refractivity contribution in [3.05, 3.63) is 89.3 Å². The Kier molecular flexibility index (Phi) is 5.90. The number of pyridine rings is 1. The summed E-state index contributed by atoms with van der Waals surface area (Å²) < 4.78 is 40.3. The maximum atomic E-state index is 12.9. The summed E-state index contributed by atoms with van der Waals surface area (Å²) in [6, 6.07) is 13.6. The lowest BCUT2D eigenvalue weighted by molar-refractivity contribution is -0.137. The van der Waals surface area contributed by atoms with Crippen LogP contribution in [0.1, 0.15) is 17.2 Å². The Balaban J connectivity index is 1.71. The number of aromatic nitrogens is 3. The Morgan fingerprint density at radius 1 is 0.969 bits per heavy atom. The highest BCUT2D eigenvalue weighted by Crippen LogP contribution is 2.36. The topological polar surface area (TPSA) is 82.8 Å². The van der Waals surface area contributed by atoms with Crippen LogP contribution in [0.4, 0.5) is 19.0 Å².